The summed E-state index contributed by atoms with van der Waals surface area (Å²) in [5.74, 6) is 1.12. The maximum absolute atomic E-state index is 13.7. The Morgan fingerprint density at radius 2 is 2.29 bits per heavy atom. The minimum absolute atomic E-state index is 0.196. The first-order valence-electron chi connectivity index (χ1n) is 7.13. The Bertz CT molecular complexity index is 670. The molecule has 3 nitrogen and oxygen atoms in total. The topological polar surface area (TPSA) is 21.1 Å². The molecule has 2 unspecified atom stereocenters. The van der Waals surface area contributed by atoms with Gasteiger partial charge in [0.25, 0.3) is 0 Å². The van der Waals surface area contributed by atoms with Crippen LogP contribution >= 0.6 is 27.5 Å². The Labute approximate surface area is 137 Å². The molecule has 0 spiro atoms. The summed E-state index contributed by atoms with van der Waals surface area (Å²) in [6, 6.07) is 3.28. The van der Waals surface area contributed by atoms with Crippen molar-refractivity contribution in [2.24, 2.45) is 5.92 Å². The van der Waals surface area contributed by atoms with E-state index in [4.69, 9.17) is 11.6 Å². The molecule has 114 valence electrons. The van der Waals surface area contributed by atoms with Gasteiger partial charge < -0.3 is 9.47 Å². The number of halogens is 3. The van der Waals surface area contributed by atoms with Gasteiger partial charge in [0, 0.05) is 19.2 Å². The predicted octanol–water partition coefficient (Wildman–Crippen LogP) is 4.19. The summed E-state index contributed by atoms with van der Waals surface area (Å²) in [4.78, 5) is 6.87. The van der Waals surface area contributed by atoms with Gasteiger partial charge in [-0.05, 0) is 54.9 Å². The van der Waals surface area contributed by atoms with Crippen LogP contribution in [-0.2, 0) is 6.54 Å². The first-order valence-corrected chi connectivity index (χ1v) is 8.36. The van der Waals surface area contributed by atoms with Crippen molar-refractivity contribution in [1.82, 2.24) is 14.5 Å². The second-order valence-electron chi connectivity index (χ2n) is 5.87. The molecule has 2 aromatic rings. The average molecular weight is 375 g/mol. The summed E-state index contributed by atoms with van der Waals surface area (Å²) < 4.78 is 16.3. The molecule has 0 bridgehead atoms. The lowest BCUT2D eigenvalue weighted by atomic mass is 10.1. The Morgan fingerprint density at radius 3 is 2.90 bits per heavy atom. The number of aromatic nitrogens is 2. The molecule has 2 atom stereocenters. The number of likely N-dealkylation sites (tertiary alicyclic amines) is 1. The molecule has 0 radical (unpaired) electrons. The normalized spacial score (nSPS) is 21.3. The second kappa shape index (κ2) is 5.86. The van der Waals surface area contributed by atoms with Crippen LogP contribution in [0.3, 0.4) is 0 Å². The van der Waals surface area contributed by atoms with Crippen LogP contribution in [-0.4, -0.2) is 34.6 Å². The lowest BCUT2D eigenvalue weighted by molar-refractivity contribution is 0.377. The van der Waals surface area contributed by atoms with Crippen molar-refractivity contribution < 1.29 is 4.39 Å². The third-order valence-electron chi connectivity index (χ3n) is 4.11. The zero-order chi connectivity index (χ0) is 15.1. The van der Waals surface area contributed by atoms with E-state index in [0.717, 1.165) is 31.0 Å². The van der Waals surface area contributed by atoms with Gasteiger partial charge in [0.2, 0.25) is 0 Å². The lowest BCUT2D eigenvalue weighted by Crippen LogP contribution is -2.18. The highest BCUT2D eigenvalue weighted by molar-refractivity contribution is 9.10. The van der Waals surface area contributed by atoms with Gasteiger partial charge in [0.1, 0.15) is 11.6 Å². The van der Waals surface area contributed by atoms with E-state index in [1.165, 1.54) is 12.5 Å². The second-order valence-corrected chi connectivity index (χ2v) is 7.38. The largest absolute Gasteiger partial charge is 0.326 e. The monoisotopic (exact) mass is 373 g/mol. The molecular weight excluding hydrogens is 357 g/mol. The minimum atomic E-state index is -0.290. The SMILES string of the molecule is CC(Cl)c1nc2cc(F)c(Br)cc2n1CC1CCN(C)C1. The molecule has 1 aromatic heterocycles. The number of rotatable bonds is 3. The van der Waals surface area contributed by atoms with Crippen LogP contribution in [0.1, 0.15) is 24.5 Å². The third kappa shape index (κ3) is 2.96. The number of benzene rings is 1. The number of imidazole rings is 1. The molecule has 1 aliphatic heterocycles. The lowest BCUT2D eigenvalue weighted by Gasteiger charge is -2.15. The van der Waals surface area contributed by atoms with Gasteiger partial charge in [-0.2, -0.15) is 0 Å². The van der Waals surface area contributed by atoms with Gasteiger partial charge in [0.15, 0.2) is 0 Å². The maximum atomic E-state index is 13.7. The van der Waals surface area contributed by atoms with Crippen LogP contribution in [0.25, 0.3) is 11.0 Å². The maximum Gasteiger partial charge on any atom is 0.139 e. The molecule has 1 saturated heterocycles. The van der Waals surface area contributed by atoms with E-state index in [9.17, 15) is 4.39 Å². The van der Waals surface area contributed by atoms with Crippen LogP contribution in [0.2, 0.25) is 0 Å². The fourth-order valence-corrected chi connectivity index (χ4v) is 3.57. The van der Waals surface area contributed by atoms with Gasteiger partial charge in [0.05, 0.1) is 20.9 Å². The number of hydrogen-bond donors (Lipinski definition) is 0. The van der Waals surface area contributed by atoms with Gasteiger partial charge in [-0.15, -0.1) is 11.6 Å². The summed E-state index contributed by atoms with van der Waals surface area (Å²) in [7, 11) is 2.14. The number of nitrogens with zero attached hydrogens (tertiary/aromatic N) is 3. The van der Waals surface area contributed by atoms with Crippen molar-refractivity contribution in [2.45, 2.75) is 25.3 Å². The zero-order valence-electron chi connectivity index (χ0n) is 12.1. The first-order chi connectivity index (χ1) is 9.95. The van der Waals surface area contributed by atoms with Crippen molar-refractivity contribution in [2.75, 3.05) is 20.1 Å². The van der Waals surface area contributed by atoms with Gasteiger partial charge in [-0.3, -0.25) is 0 Å². The highest BCUT2D eigenvalue weighted by Gasteiger charge is 2.24. The summed E-state index contributed by atoms with van der Waals surface area (Å²) in [5, 5.41) is -0.196. The van der Waals surface area contributed by atoms with Crippen LogP contribution in [0, 0.1) is 11.7 Å². The van der Waals surface area contributed by atoms with Gasteiger partial charge in [-0.1, -0.05) is 0 Å². The summed E-state index contributed by atoms with van der Waals surface area (Å²) in [6.07, 6.45) is 1.18. The van der Waals surface area contributed by atoms with E-state index in [1.54, 1.807) is 6.07 Å². The molecular formula is C15H18BrClFN3. The summed E-state index contributed by atoms with van der Waals surface area (Å²) >= 11 is 9.54. The van der Waals surface area contributed by atoms with Crippen LogP contribution < -0.4 is 0 Å². The molecule has 0 N–H and O–H groups in total. The smallest absolute Gasteiger partial charge is 0.139 e. The fraction of sp³-hybridized carbons (Fsp3) is 0.533. The molecule has 0 saturated carbocycles. The molecule has 1 aromatic carbocycles. The van der Waals surface area contributed by atoms with E-state index >= 15 is 0 Å². The Hall–Kier alpha value is -0.650. The third-order valence-corrected chi connectivity index (χ3v) is 4.91. The van der Waals surface area contributed by atoms with E-state index in [2.05, 4.69) is 37.4 Å². The van der Waals surface area contributed by atoms with Crippen LogP contribution in [0.4, 0.5) is 4.39 Å². The quantitative estimate of drug-likeness (QED) is 0.751. The highest BCUT2D eigenvalue weighted by Crippen LogP contribution is 2.30. The van der Waals surface area contributed by atoms with Crippen molar-refractivity contribution in [3.63, 3.8) is 0 Å². The molecule has 1 aliphatic rings. The Balaban J connectivity index is 2.05. The van der Waals surface area contributed by atoms with Gasteiger partial charge >= 0.3 is 0 Å². The predicted molar refractivity (Wildman–Crippen MR) is 87.3 cm³/mol. The molecule has 0 aliphatic carbocycles. The summed E-state index contributed by atoms with van der Waals surface area (Å²) in [5.41, 5.74) is 1.62. The van der Waals surface area contributed by atoms with Crippen molar-refractivity contribution in [1.29, 1.82) is 0 Å². The van der Waals surface area contributed by atoms with E-state index in [-0.39, 0.29) is 11.2 Å². The van der Waals surface area contributed by atoms with E-state index < -0.39 is 0 Å². The van der Waals surface area contributed by atoms with E-state index in [1.807, 2.05) is 6.92 Å². The molecule has 2 heterocycles. The van der Waals surface area contributed by atoms with Crippen molar-refractivity contribution in [3.05, 3.63) is 28.2 Å². The zero-order valence-corrected chi connectivity index (χ0v) is 14.5. The number of alkyl halides is 1. The Kier molecular flexibility index (Phi) is 4.26. The van der Waals surface area contributed by atoms with E-state index in [0.29, 0.717) is 15.9 Å². The molecule has 21 heavy (non-hydrogen) atoms. The average Bonchev–Trinajstić information content (AvgIpc) is 2.96. The van der Waals surface area contributed by atoms with Crippen molar-refractivity contribution in [3.8, 4) is 0 Å². The molecule has 1 fully saturated rings. The summed E-state index contributed by atoms with van der Waals surface area (Å²) in [6.45, 7) is 5.00. The Morgan fingerprint density at radius 1 is 1.52 bits per heavy atom. The van der Waals surface area contributed by atoms with Gasteiger partial charge in [-0.25, -0.2) is 9.37 Å². The van der Waals surface area contributed by atoms with Crippen molar-refractivity contribution >= 4 is 38.6 Å². The van der Waals surface area contributed by atoms with Crippen LogP contribution in [0.15, 0.2) is 16.6 Å². The highest BCUT2D eigenvalue weighted by atomic mass is 79.9. The minimum Gasteiger partial charge on any atom is -0.326 e. The first kappa shape index (κ1) is 15.3. The standard InChI is InChI=1S/C15H18BrClFN3/c1-9(17)15-19-13-6-12(18)11(16)5-14(13)21(15)8-10-3-4-20(2)7-10/h5-6,9-10H,3-4,7-8H2,1-2H3. The van der Waals surface area contributed by atoms with Crippen LogP contribution in [0.5, 0.6) is 0 Å². The number of fused-ring (bicyclic) bond motifs is 1. The molecule has 6 heteroatoms. The molecule has 0 amide bonds. The molecule has 3 rings (SSSR count). The number of hydrogen-bond acceptors (Lipinski definition) is 2. The fourth-order valence-electron chi connectivity index (χ4n) is 3.07.